The molecule has 0 radical (unpaired) electrons. The van der Waals surface area contributed by atoms with Crippen LogP contribution in [0, 0.1) is 11.3 Å². The zero-order valence-electron chi connectivity index (χ0n) is 20.3. The molecule has 0 aliphatic carbocycles. The van der Waals surface area contributed by atoms with E-state index in [2.05, 4.69) is 24.1 Å². The fourth-order valence-electron chi connectivity index (χ4n) is 3.54. The number of hydrogen-bond acceptors (Lipinski definition) is 5. The van der Waals surface area contributed by atoms with Gasteiger partial charge in [0.25, 0.3) is 5.91 Å². The molecule has 1 amide bonds. The van der Waals surface area contributed by atoms with Crippen LogP contribution < -0.4 is 19.7 Å². The summed E-state index contributed by atoms with van der Waals surface area (Å²) in [6, 6.07) is 20.0. The van der Waals surface area contributed by atoms with Crippen LogP contribution in [-0.2, 0) is 11.4 Å². The van der Waals surface area contributed by atoms with Gasteiger partial charge in [0.1, 0.15) is 18.2 Å². The maximum Gasteiger partial charge on any atom is 0.266 e. The molecule has 0 atom stereocenters. The van der Waals surface area contributed by atoms with Crippen molar-refractivity contribution in [3.8, 4) is 17.6 Å². The molecule has 0 aliphatic heterocycles. The standard InChI is InChI=1S/C28H27Cl2N3O3/c1-4-33(5-2)23-10-8-22(9-11-23)32-28(34)21(17-31)14-19-7-13-26(27(16-19)35-3)36-18-20-6-12-24(29)25(30)15-20/h6-16H,4-5,18H2,1-3H3,(H,32,34)/b21-14-. The van der Waals surface area contributed by atoms with E-state index in [-0.39, 0.29) is 12.2 Å². The number of rotatable bonds is 10. The predicted molar refractivity (Wildman–Crippen MR) is 146 cm³/mol. The summed E-state index contributed by atoms with van der Waals surface area (Å²) in [4.78, 5) is 14.9. The Balaban J connectivity index is 1.71. The van der Waals surface area contributed by atoms with E-state index in [1.54, 1.807) is 30.3 Å². The van der Waals surface area contributed by atoms with Crippen molar-refractivity contribution in [2.45, 2.75) is 20.5 Å². The van der Waals surface area contributed by atoms with Crippen molar-refractivity contribution in [1.82, 2.24) is 0 Å². The first-order valence-corrected chi connectivity index (χ1v) is 12.2. The van der Waals surface area contributed by atoms with Gasteiger partial charge in [-0.25, -0.2) is 0 Å². The maximum atomic E-state index is 12.7. The number of nitrogens with zero attached hydrogens (tertiary/aromatic N) is 2. The van der Waals surface area contributed by atoms with Crippen molar-refractivity contribution in [3.05, 3.63) is 87.4 Å². The molecule has 0 fully saturated rings. The average molecular weight is 524 g/mol. The van der Waals surface area contributed by atoms with E-state index in [1.807, 2.05) is 36.4 Å². The highest BCUT2D eigenvalue weighted by atomic mass is 35.5. The van der Waals surface area contributed by atoms with Gasteiger partial charge in [-0.2, -0.15) is 5.26 Å². The lowest BCUT2D eigenvalue weighted by Gasteiger charge is -2.21. The highest BCUT2D eigenvalue weighted by molar-refractivity contribution is 6.42. The van der Waals surface area contributed by atoms with E-state index in [4.69, 9.17) is 32.7 Å². The molecule has 0 unspecified atom stereocenters. The summed E-state index contributed by atoms with van der Waals surface area (Å²) in [5, 5.41) is 13.3. The van der Waals surface area contributed by atoms with E-state index in [0.717, 1.165) is 24.3 Å². The topological polar surface area (TPSA) is 74.6 Å². The van der Waals surface area contributed by atoms with Gasteiger partial charge in [-0.1, -0.05) is 35.3 Å². The molecule has 3 aromatic carbocycles. The molecule has 0 spiro atoms. The van der Waals surface area contributed by atoms with Gasteiger partial charge in [-0.05, 0) is 79.6 Å². The Morgan fingerprint density at radius 2 is 1.72 bits per heavy atom. The molecule has 186 valence electrons. The average Bonchev–Trinajstić information content (AvgIpc) is 2.89. The van der Waals surface area contributed by atoms with Crippen molar-refractivity contribution in [2.24, 2.45) is 0 Å². The molecule has 0 saturated carbocycles. The predicted octanol–water partition coefficient (Wildman–Crippen LogP) is 6.97. The summed E-state index contributed by atoms with van der Waals surface area (Å²) in [6.45, 7) is 6.24. The lowest BCUT2D eigenvalue weighted by Crippen LogP contribution is -2.21. The molecular formula is C28H27Cl2N3O3. The molecule has 8 heteroatoms. The maximum absolute atomic E-state index is 12.7. The lowest BCUT2D eigenvalue weighted by molar-refractivity contribution is -0.112. The second kappa shape index (κ2) is 12.9. The summed E-state index contributed by atoms with van der Waals surface area (Å²) < 4.78 is 11.3. The van der Waals surface area contributed by atoms with Crippen LogP contribution in [0.15, 0.2) is 66.2 Å². The van der Waals surface area contributed by atoms with Crippen LogP contribution in [0.3, 0.4) is 0 Å². The summed E-state index contributed by atoms with van der Waals surface area (Å²) in [7, 11) is 1.52. The number of carbonyl (C=O) groups excluding carboxylic acids is 1. The van der Waals surface area contributed by atoms with Crippen LogP contribution >= 0.6 is 23.2 Å². The summed E-state index contributed by atoms with van der Waals surface area (Å²) in [5.74, 6) is 0.484. The fourth-order valence-corrected chi connectivity index (χ4v) is 3.86. The van der Waals surface area contributed by atoms with Crippen molar-refractivity contribution < 1.29 is 14.3 Å². The van der Waals surface area contributed by atoms with Crippen LogP contribution in [-0.4, -0.2) is 26.1 Å². The monoisotopic (exact) mass is 523 g/mol. The second-order valence-corrected chi connectivity index (χ2v) is 8.60. The molecule has 6 nitrogen and oxygen atoms in total. The lowest BCUT2D eigenvalue weighted by atomic mass is 10.1. The third-order valence-corrected chi connectivity index (χ3v) is 6.23. The Labute approximate surface area is 221 Å². The first-order valence-electron chi connectivity index (χ1n) is 11.4. The number of nitrogens with one attached hydrogen (secondary N) is 1. The molecule has 0 aliphatic rings. The summed E-state index contributed by atoms with van der Waals surface area (Å²) in [6.07, 6.45) is 1.50. The Bertz CT molecular complexity index is 1280. The molecular weight excluding hydrogens is 497 g/mol. The van der Waals surface area contributed by atoms with Gasteiger partial charge in [-0.15, -0.1) is 0 Å². The van der Waals surface area contributed by atoms with E-state index in [1.165, 1.54) is 13.2 Å². The van der Waals surface area contributed by atoms with Gasteiger partial charge >= 0.3 is 0 Å². The van der Waals surface area contributed by atoms with Crippen LogP contribution in [0.1, 0.15) is 25.0 Å². The number of hydrogen-bond donors (Lipinski definition) is 1. The Kier molecular flexibility index (Phi) is 9.63. The van der Waals surface area contributed by atoms with Gasteiger partial charge in [0.05, 0.1) is 17.2 Å². The number of halogens is 2. The van der Waals surface area contributed by atoms with E-state index < -0.39 is 5.91 Å². The van der Waals surface area contributed by atoms with E-state index in [0.29, 0.717) is 32.8 Å². The Morgan fingerprint density at radius 1 is 1.00 bits per heavy atom. The third-order valence-electron chi connectivity index (χ3n) is 5.50. The van der Waals surface area contributed by atoms with Gasteiger partial charge in [0, 0.05) is 24.5 Å². The van der Waals surface area contributed by atoms with Crippen LogP contribution in [0.25, 0.3) is 6.08 Å². The minimum absolute atomic E-state index is 0.0330. The molecule has 1 N–H and O–H groups in total. The highest BCUT2D eigenvalue weighted by Gasteiger charge is 2.12. The number of amides is 1. The molecule has 3 aromatic rings. The van der Waals surface area contributed by atoms with Crippen LogP contribution in [0.2, 0.25) is 10.0 Å². The first kappa shape index (κ1) is 26.9. The summed E-state index contributed by atoms with van der Waals surface area (Å²) >= 11 is 12.0. The third kappa shape index (κ3) is 6.94. The molecule has 3 rings (SSSR count). The number of ether oxygens (including phenoxy) is 2. The number of nitriles is 1. The number of benzene rings is 3. The number of anilines is 2. The van der Waals surface area contributed by atoms with Gasteiger partial charge in [-0.3, -0.25) is 4.79 Å². The Hall–Kier alpha value is -3.66. The van der Waals surface area contributed by atoms with E-state index in [9.17, 15) is 10.1 Å². The zero-order chi connectivity index (χ0) is 26.1. The Morgan fingerprint density at radius 3 is 2.33 bits per heavy atom. The molecule has 36 heavy (non-hydrogen) atoms. The SMILES string of the molecule is CCN(CC)c1ccc(NC(=O)/C(C#N)=C\c2ccc(OCc3ccc(Cl)c(Cl)c3)c(OC)c2)cc1. The van der Waals surface area contributed by atoms with Crippen molar-refractivity contribution in [2.75, 3.05) is 30.4 Å². The minimum atomic E-state index is -0.494. The zero-order valence-corrected chi connectivity index (χ0v) is 21.9. The smallest absolute Gasteiger partial charge is 0.266 e. The first-order chi connectivity index (χ1) is 17.4. The van der Waals surface area contributed by atoms with Crippen molar-refractivity contribution >= 4 is 46.6 Å². The molecule has 0 bridgehead atoms. The van der Waals surface area contributed by atoms with Gasteiger partial charge in [0.2, 0.25) is 0 Å². The highest BCUT2D eigenvalue weighted by Crippen LogP contribution is 2.30. The minimum Gasteiger partial charge on any atom is -0.493 e. The van der Waals surface area contributed by atoms with Gasteiger partial charge < -0.3 is 19.7 Å². The van der Waals surface area contributed by atoms with Crippen LogP contribution in [0.5, 0.6) is 11.5 Å². The molecule has 0 heterocycles. The number of methoxy groups -OCH3 is 1. The van der Waals surface area contributed by atoms with Crippen LogP contribution in [0.4, 0.5) is 11.4 Å². The normalized spacial score (nSPS) is 10.9. The molecule has 0 aromatic heterocycles. The summed E-state index contributed by atoms with van der Waals surface area (Å²) in [5.41, 5.74) is 3.12. The second-order valence-electron chi connectivity index (χ2n) is 7.79. The van der Waals surface area contributed by atoms with Crippen molar-refractivity contribution in [1.29, 1.82) is 5.26 Å². The van der Waals surface area contributed by atoms with Gasteiger partial charge in [0.15, 0.2) is 11.5 Å². The van der Waals surface area contributed by atoms with Crippen molar-refractivity contribution in [3.63, 3.8) is 0 Å². The fraction of sp³-hybridized carbons (Fsp3) is 0.214. The molecule has 0 saturated heterocycles. The quantitative estimate of drug-likeness (QED) is 0.229. The van der Waals surface area contributed by atoms with E-state index >= 15 is 0 Å². The number of carbonyl (C=O) groups is 1. The largest absolute Gasteiger partial charge is 0.493 e.